The van der Waals surface area contributed by atoms with Crippen molar-refractivity contribution in [2.24, 2.45) is 0 Å². The number of nitro benzene ring substituents is 1. The lowest BCUT2D eigenvalue weighted by Crippen LogP contribution is -1.90. The Bertz CT molecular complexity index is 529. The zero-order chi connectivity index (χ0) is 11.5. The van der Waals surface area contributed by atoms with Crippen LogP contribution in [0, 0.1) is 15.9 Å². The standard InChI is InChI=1S/C11H7FN2O2/c12-10-4-9(5-11(6-10)14(15)16)8-2-1-3-13-7-8/h1-7H. The van der Waals surface area contributed by atoms with Crippen LogP contribution < -0.4 is 0 Å². The van der Waals surface area contributed by atoms with E-state index in [1.54, 1.807) is 18.3 Å². The molecule has 2 aromatic rings. The van der Waals surface area contributed by atoms with Gasteiger partial charge in [-0.25, -0.2) is 4.39 Å². The van der Waals surface area contributed by atoms with Gasteiger partial charge in [0, 0.05) is 24.0 Å². The number of hydrogen-bond donors (Lipinski definition) is 0. The van der Waals surface area contributed by atoms with Crippen LogP contribution in [-0.4, -0.2) is 9.91 Å². The van der Waals surface area contributed by atoms with Crippen LogP contribution >= 0.6 is 0 Å². The molecular weight excluding hydrogens is 211 g/mol. The van der Waals surface area contributed by atoms with Crippen molar-refractivity contribution in [3.8, 4) is 11.1 Å². The molecule has 1 aromatic heterocycles. The Hall–Kier alpha value is -2.30. The molecule has 80 valence electrons. The van der Waals surface area contributed by atoms with Gasteiger partial charge in [0.15, 0.2) is 0 Å². The van der Waals surface area contributed by atoms with E-state index < -0.39 is 10.7 Å². The minimum atomic E-state index is -0.631. The molecule has 0 spiro atoms. The van der Waals surface area contributed by atoms with Gasteiger partial charge in [0.05, 0.1) is 11.0 Å². The Morgan fingerprint density at radius 2 is 2.06 bits per heavy atom. The van der Waals surface area contributed by atoms with Gasteiger partial charge in [-0.1, -0.05) is 6.07 Å². The average molecular weight is 218 g/mol. The maximum Gasteiger partial charge on any atom is 0.272 e. The van der Waals surface area contributed by atoms with Crippen LogP contribution in [0.2, 0.25) is 0 Å². The highest BCUT2D eigenvalue weighted by Crippen LogP contribution is 2.24. The van der Waals surface area contributed by atoms with E-state index in [-0.39, 0.29) is 5.69 Å². The zero-order valence-corrected chi connectivity index (χ0v) is 8.13. The first kappa shape index (κ1) is 10.2. The van der Waals surface area contributed by atoms with Gasteiger partial charge < -0.3 is 0 Å². The maximum atomic E-state index is 13.1. The molecule has 0 aliphatic rings. The van der Waals surface area contributed by atoms with Gasteiger partial charge >= 0.3 is 0 Å². The van der Waals surface area contributed by atoms with E-state index in [9.17, 15) is 14.5 Å². The molecule has 0 bridgehead atoms. The van der Waals surface area contributed by atoms with E-state index in [4.69, 9.17) is 0 Å². The minimum Gasteiger partial charge on any atom is -0.264 e. The molecule has 0 aliphatic heterocycles. The Labute approximate surface area is 90.5 Å². The van der Waals surface area contributed by atoms with Crippen molar-refractivity contribution in [3.05, 3.63) is 58.7 Å². The number of halogens is 1. The first-order valence-electron chi connectivity index (χ1n) is 4.52. The minimum absolute atomic E-state index is 0.265. The number of non-ortho nitro benzene ring substituents is 1. The highest BCUT2D eigenvalue weighted by atomic mass is 19.1. The number of benzene rings is 1. The number of hydrogen-bond acceptors (Lipinski definition) is 3. The number of aromatic nitrogens is 1. The summed E-state index contributed by atoms with van der Waals surface area (Å²) in [4.78, 5) is 13.8. The van der Waals surface area contributed by atoms with Crippen molar-refractivity contribution >= 4 is 5.69 Å². The van der Waals surface area contributed by atoms with Crippen molar-refractivity contribution in [3.63, 3.8) is 0 Å². The van der Waals surface area contributed by atoms with Crippen LogP contribution in [0.15, 0.2) is 42.7 Å². The summed E-state index contributed by atoms with van der Waals surface area (Å²) in [7, 11) is 0. The molecule has 2 rings (SSSR count). The Morgan fingerprint density at radius 1 is 1.25 bits per heavy atom. The maximum absolute atomic E-state index is 13.1. The van der Waals surface area contributed by atoms with E-state index in [0.29, 0.717) is 11.1 Å². The number of nitrogens with zero attached hydrogens (tertiary/aromatic N) is 2. The topological polar surface area (TPSA) is 56.0 Å². The summed E-state index contributed by atoms with van der Waals surface area (Å²) in [6, 6.07) is 6.85. The van der Waals surface area contributed by atoms with Crippen molar-refractivity contribution < 1.29 is 9.31 Å². The molecule has 16 heavy (non-hydrogen) atoms. The second-order valence-electron chi connectivity index (χ2n) is 3.20. The molecule has 0 fully saturated rings. The van der Waals surface area contributed by atoms with E-state index in [0.717, 1.165) is 6.07 Å². The third kappa shape index (κ3) is 2.03. The molecule has 0 atom stereocenters. The van der Waals surface area contributed by atoms with Gasteiger partial charge in [-0.3, -0.25) is 15.1 Å². The van der Waals surface area contributed by atoms with Crippen molar-refractivity contribution in [1.82, 2.24) is 4.98 Å². The van der Waals surface area contributed by atoms with Crippen molar-refractivity contribution in [1.29, 1.82) is 0 Å². The fourth-order valence-corrected chi connectivity index (χ4v) is 1.38. The normalized spacial score (nSPS) is 10.1. The van der Waals surface area contributed by atoms with Gasteiger partial charge in [-0.2, -0.15) is 0 Å². The Kier molecular flexibility index (Phi) is 2.59. The van der Waals surface area contributed by atoms with Gasteiger partial charge in [0.25, 0.3) is 5.69 Å². The lowest BCUT2D eigenvalue weighted by atomic mass is 10.1. The SMILES string of the molecule is O=[N+]([O-])c1cc(F)cc(-c2cccnc2)c1. The number of nitro groups is 1. The van der Waals surface area contributed by atoms with E-state index >= 15 is 0 Å². The first-order chi connectivity index (χ1) is 7.66. The van der Waals surface area contributed by atoms with E-state index in [2.05, 4.69) is 4.98 Å². The predicted molar refractivity (Wildman–Crippen MR) is 56.3 cm³/mol. The second kappa shape index (κ2) is 4.06. The number of rotatable bonds is 2. The Morgan fingerprint density at radius 3 is 2.69 bits per heavy atom. The van der Waals surface area contributed by atoms with Crippen LogP contribution in [0.4, 0.5) is 10.1 Å². The molecule has 1 heterocycles. The third-order valence-electron chi connectivity index (χ3n) is 2.09. The summed E-state index contributed by atoms with van der Waals surface area (Å²) in [5.74, 6) is -0.631. The van der Waals surface area contributed by atoms with Crippen molar-refractivity contribution in [2.45, 2.75) is 0 Å². The molecule has 0 amide bonds. The molecule has 1 aromatic carbocycles. The fourth-order valence-electron chi connectivity index (χ4n) is 1.38. The summed E-state index contributed by atoms with van der Waals surface area (Å²) in [6.45, 7) is 0. The fraction of sp³-hybridized carbons (Fsp3) is 0. The van der Waals surface area contributed by atoms with E-state index in [1.807, 2.05) is 0 Å². The van der Waals surface area contributed by atoms with Crippen LogP contribution in [0.5, 0.6) is 0 Å². The van der Waals surface area contributed by atoms with Crippen LogP contribution in [0.1, 0.15) is 0 Å². The lowest BCUT2D eigenvalue weighted by molar-refractivity contribution is -0.385. The largest absolute Gasteiger partial charge is 0.272 e. The molecular formula is C11H7FN2O2. The molecule has 0 N–H and O–H groups in total. The lowest BCUT2D eigenvalue weighted by Gasteiger charge is -2.01. The highest BCUT2D eigenvalue weighted by Gasteiger charge is 2.10. The summed E-state index contributed by atoms with van der Waals surface area (Å²) >= 11 is 0. The molecule has 0 saturated heterocycles. The number of pyridine rings is 1. The Balaban J connectivity index is 2.54. The second-order valence-corrected chi connectivity index (χ2v) is 3.20. The summed E-state index contributed by atoms with van der Waals surface area (Å²) in [5.41, 5.74) is 0.823. The molecule has 0 radical (unpaired) electrons. The first-order valence-corrected chi connectivity index (χ1v) is 4.52. The monoisotopic (exact) mass is 218 g/mol. The van der Waals surface area contributed by atoms with E-state index in [1.165, 1.54) is 18.3 Å². The molecule has 4 nitrogen and oxygen atoms in total. The summed E-state index contributed by atoms with van der Waals surface area (Å²) < 4.78 is 13.1. The van der Waals surface area contributed by atoms with Gasteiger partial charge in [-0.15, -0.1) is 0 Å². The molecule has 0 unspecified atom stereocenters. The molecule has 0 saturated carbocycles. The molecule has 5 heteroatoms. The van der Waals surface area contributed by atoms with Gasteiger partial charge in [0.2, 0.25) is 0 Å². The van der Waals surface area contributed by atoms with Crippen LogP contribution in [0.3, 0.4) is 0 Å². The van der Waals surface area contributed by atoms with Crippen LogP contribution in [0.25, 0.3) is 11.1 Å². The summed E-state index contributed by atoms with van der Waals surface area (Å²) in [6.07, 6.45) is 3.11. The average Bonchev–Trinajstić information content (AvgIpc) is 2.29. The third-order valence-corrected chi connectivity index (χ3v) is 2.09. The highest BCUT2D eigenvalue weighted by molar-refractivity contribution is 5.65. The zero-order valence-electron chi connectivity index (χ0n) is 8.13. The predicted octanol–water partition coefficient (Wildman–Crippen LogP) is 2.80. The van der Waals surface area contributed by atoms with Crippen molar-refractivity contribution in [2.75, 3.05) is 0 Å². The van der Waals surface area contributed by atoms with Crippen LogP contribution in [-0.2, 0) is 0 Å². The molecule has 0 aliphatic carbocycles. The summed E-state index contributed by atoms with van der Waals surface area (Å²) in [5, 5.41) is 10.6. The van der Waals surface area contributed by atoms with Gasteiger partial charge in [0.1, 0.15) is 5.82 Å². The smallest absolute Gasteiger partial charge is 0.264 e. The quantitative estimate of drug-likeness (QED) is 0.575. The van der Waals surface area contributed by atoms with Gasteiger partial charge in [-0.05, 0) is 17.7 Å².